The van der Waals surface area contributed by atoms with Crippen LogP contribution in [0.1, 0.15) is 30.1 Å². The normalized spacial score (nSPS) is 17.9. The number of carbonyl (C=O) groups excluding carboxylic acids is 3. The van der Waals surface area contributed by atoms with Crippen LogP contribution in [0.3, 0.4) is 0 Å². The fourth-order valence-corrected chi connectivity index (χ4v) is 3.51. The maximum Gasteiger partial charge on any atom is 0.260 e. The fraction of sp³-hybridized carbons (Fsp3) is 0.375. The molecule has 0 radical (unpaired) electrons. The van der Waals surface area contributed by atoms with Crippen LogP contribution in [0.25, 0.3) is 0 Å². The lowest BCUT2D eigenvalue weighted by Gasteiger charge is -2.23. The smallest absolute Gasteiger partial charge is 0.260 e. The van der Waals surface area contributed by atoms with E-state index in [1.165, 1.54) is 35.2 Å². The third-order valence-corrected chi connectivity index (χ3v) is 5.32. The number of benzene rings is 2. The molecule has 0 saturated heterocycles. The molecule has 0 saturated carbocycles. The molecule has 8 nitrogen and oxygen atoms in total. The summed E-state index contributed by atoms with van der Waals surface area (Å²) >= 11 is 6.04. The van der Waals surface area contributed by atoms with Crippen molar-refractivity contribution in [2.45, 2.75) is 25.8 Å². The van der Waals surface area contributed by atoms with Crippen LogP contribution in [-0.2, 0) is 9.59 Å². The highest BCUT2D eigenvalue weighted by Crippen LogP contribution is 2.23. The first-order valence-electron chi connectivity index (χ1n) is 11.0. The van der Waals surface area contributed by atoms with Gasteiger partial charge in [0, 0.05) is 18.1 Å². The molecule has 182 valence electrons. The van der Waals surface area contributed by atoms with Gasteiger partial charge in [-0.15, -0.1) is 0 Å². The molecule has 3 amide bonds. The van der Waals surface area contributed by atoms with Gasteiger partial charge in [-0.1, -0.05) is 11.6 Å². The number of hydrogen-bond donors (Lipinski definition) is 2. The average molecular weight is 492 g/mol. The topological polar surface area (TPSA) is 97.0 Å². The minimum Gasteiger partial charge on any atom is -0.491 e. The fourth-order valence-electron chi connectivity index (χ4n) is 3.34. The standard InChI is InChI=1S/C24H27ClFN3O5/c1-16-14-34-21-9-4-17(25)12-20(21)24(32)27-10-2-3-11-29(13-22(30)28-16)23(31)15-33-19-7-5-18(26)6-8-19/h4-9,12,16H,2-3,10-11,13-15H2,1H3,(H,27,32)(H,28,30)/t16-/m0/s1. The van der Waals surface area contributed by atoms with E-state index in [4.69, 9.17) is 21.1 Å². The molecule has 1 aliphatic rings. The molecule has 0 fully saturated rings. The molecule has 2 aromatic carbocycles. The van der Waals surface area contributed by atoms with Crippen molar-refractivity contribution >= 4 is 29.3 Å². The van der Waals surface area contributed by atoms with Crippen molar-refractivity contribution in [1.29, 1.82) is 0 Å². The number of halogens is 2. The maximum absolute atomic E-state index is 13.1. The molecule has 0 unspecified atom stereocenters. The summed E-state index contributed by atoms with van der Waals surface area (Å²) in [5.74, 6) is -0.717. The number of nitrogens with one attached hydrogen (secondary N) is 2. The van der Waals surface area contributed by atoms with Gasteiger partial charge in [-0.2, -0.15) is 0 Å². The Kier molecular flexibility index (Phi) is 9.09. The second-order valence-electron chi connectivity index (χ2n) is 7.94. The van der Waals surface area contributed by atoms with E-state index in [1.807, 2.05) is 0 Å². The van der Waals surface area contributed by atoms with Gasteiger partial charge < -0.3 is 25.0 Å². The molecule has 0 aliphatic carbocycles. The summed E-state index contributed by atoms with van der Waals surface area (Å²) in [5.41, 5.74) is 0.315. The summed E-state index contributed by atoms with van der Waals surface area (Å²) in [6, 6.07) is 9.73. The summed E-state index contributed by atoms with van der Waals surface area (Å²) in [5, 5.41) is 6.04. The predicted molar refractivity (Wildman–Crippen MR) is 125 cm³/mol. The number of ether oxygens (including phenoxy) is 2. The zero-order valence-electron chi connectivity index (χ0n) is 18.8. The molecule has 1 aliphatic heterocycles. The first kappa shape index (κ1) is 25.3. The monoisotopic (exact) mass is 491 g/mol. The van der Waals surface area contributed by atoms with E-state index in [1.54, 1.807) is 19.1 Å². The lowest BCUT2D eigenvalue weighted by atomic mass is 10.2. The molecule has 0 bridgehead atoms. The minimum absolute atomic E-state index is 0.120. The molecule has 2 N–H and O–H groups in total. The van der Waals surface area contributed by atoms with Gasteiger partial charge in [-0.05, 0) is 62.2 Å². The van der Waals surface area contributed by atoms with Crippen LogP contribution in [-0.4, -0.2) is 61.5 Å². The van der Waals surface area contributed by atoms with Crippen LogP contribution < -0.4 is 20.1 Å². The third-order valence-electron chi connectivity index (χ3n) is 5.09. The van der Waals surface area contributed by atoms with Crippen molar-refractivity contribution in [3.05, 3.63) is 58.9 Å². The van der Waals surface area contributed by atoms with Crippen LogP contribution in [0, 0.1) is 5.82 Å². The van der Waals surface area contributed by atoms with Crippen LogP contribution >= 0.6 is 11.6 Å². The van der Waals surface area contributed by atoms with E-state index in [0.717, 1.165) is 0 Å². The third kappa shape index (κ3) is 7.62. The number of carbonyl (C=O) groups is 3. The van der Waals surface area contributed by atoms with Crippen LogP contribution in [0.4, 0.5) is 4.39 Å². The van der Waals surface area contributed by atoms with E-state index >= 15 is 0 Å². The van der Waals surface area contributed by atoms with Crippen molar-refractivity contribution in [3.8, 4) is 11.5 Å². The van der Waals surface area contributed by atoms with E-state index < -0.39 is 5.82 Å². The van der Waals surface area contributed by atoms with Crippen molar-refractivity contribution < 1.29 is 28.2 Å². The molecular weight excluding hydrogens is 465 g/mol. The Morgan fingerprint density at radius 1 is 1.21 bits per heavy atom. The summed E-state index contributed by atoms with van der Waals surface area (Å²) in [4.78, 5) is 39.3. The Bertz CT molecular complexity index is 1020. The molecule has 0 spiro atoms. The van der Waals surface area contributed by atoms with Crippen molar-refractivity contribution in [2.24, 2.45) is 0 Å². The lowest BCUT2D eigenvalue weighted by Crippen LogP contribution is -2.46. The van der Waals surface area contributed by atoms with E-state index in [2.05, 4.69) is 10.6 Å². The van der Waals surface area contributed by atoms with Gasteiger partial charge >= 0.3 is 0 Å². The summed E-state index contributed by atoms with van der Waals surface area (Å²) in [7, 11) is 0. The molecule has 2 aromatic rings. The van der Waals surface area contributed by atoms with E-state index in [0.29, 0.717) is 48.0 Å². The van der Waals surface area contributed by atoms with Gasteiger partial charge in [0.1, 0.15) is 23.9 Å². The van der Waals surface area contributed by atoms with Gasteiger partial charge in [0.15, 0.2) is 6.61 Å². The van der Waals surface area contributed by atoms with Gasteiger partial charge in [-0.25, -0.2) is 4.39 Å². The second-order valence-corrected chi connectivity index (χ2v) is 8.38. The van der Waals surface area contributed by atoms with E-state index in [-0.39, 0.29) is 43.5 Å². The highest BCUT2D eigenvalue weighted by atomic mass is 35.5. The molecule has 1 heterocycles. The summed E-state index contributed by atoms with van der Waals surface area (Å²) in [6.07, 6.45) is 1.15. The number of amides is 3. The van der Waals surface area contributed by atoms with Crippen molar-refractivity contribution in [1.82, 2.24) is 15.5 Å². The summed E-state index contributed by atoms with van der Waals surface area (Å²) < 4.78 is 24.2. The van der Waals surface area contributed by atoms with Gasteiger partial charge in [0.05, 0.1) is 18.2 Å². The van der Waals surface area contributed by atoms with Crippen LogP contribution in [0.5, 0.6) is 11.5 Å². The minimum atomic E-state index is -0.405. The zero-order valence-corrected chi connectivity index (χ0v) is 19.6. The van der Waals surface area contributed by atoms with Gasteiger partial charge in [0.25, 0.3) is 11.8 Å². The Morgan fingerprint density at radius 2 is 1.97 bits per heavy atom. The number of rotatable bonds is 3. The number of hydrogen-bond acceptors (Lipinski definition) is 5. The lowest BCUT2D eigenvalue weighted by molar-refractivity contribution is -0.138. The Balaban J connectivity index is 1.65. The van der Waals surface area contributed by atoms with Crippen LogP contribution in [0.2, 0.25) is 5.02 Å². The number of fused-ring (bicyclic) bond motifs is 1. The van der Waals surface area contributed by atoms with Crippen LogP contribution in [0.15, 0.2) is 42.5 Å². The first-order chi connectivity index (χ1) is 16.3. The molecule has 34 heavy (non-hydrogen) atoms. The molecule has 1 atom stereocenters. The average Bonchev–Trinajstić information content (AvgIpc) is 2.81. The van der Waals surface area contributed by atoms with Gasteiger partial charge in [0.2, 0.25) is 5.91 Å². The quantitative estimate of drug-likeness (QED) is 0.688. The second kappa shape index (κ2) is 12.2. The SMILES string of the molecule is C[C@H]1COc2ccc(Cl)cc2C(=O)NCCCCN(C(=O)COc2ccc(F)cc2)CC(=O)N1. The number of nitrogens with zero attached hydrogens (tertiary/aromatic N) is 1. The Labute approximate surface area is 202 Å². The molecule has 3 rings (SSSR count). The Hall–Kier alpha value is -3.33. The van der Waals surface area contributed by atoms with Crippen molar-refractivity contribution in [2.75, 3.05) is 32.8 Å². The summed E-state index contributed by atoms with van der Waals surface area (Å²) in [6.45, 7) is 2.13. The predicted octanol–water partition coefficient (Wildman–Crippen LogP) is 2.79. The molecule has 10 heteroatoms. The highest BCUT2D eigenvalue weighted by molar-refractivity contribution is 6.31. The molecule has 0 aromatic heterocycles. The largest absolute Gasteiger partial charge is 0.491 e. The Morgan fingerprint density at radius 3 is 2.74 bits per heavy atom. The first-order valence-corrected chi connectivity index (χ1v) is 11.4. The zero-order chi connectivity index (χ0) is 24.5. The van der Waals surface area contributed by atoms with Gasteiger partial charge in [-0.3, -0.25) is 14.4 Å². The maximum atomic E-state index is 13.1. The van der Waals surface area contributed by atoms with Crippen molar-refractivity contribution in [3.63, 3.8) is 0 Å². The highest BCUT2D eigenvalue weighted by Gasteiger charge is 2.20. The van der Waals surface area contributed by atoms with E-state index in [9.17, 15) is 18.8 Å². The molecular formula is C24H27ClFN3O5.